The van der Waals surface area contributed by atoms with Gasteiger partial charge in [0.25, 0.3) is 5.91 Å². The van der Waals surface area contributed by atoms with Gasteiger partial charge in [-0.25, -0.2) is 0 Å². The second-order valence-corrected chi connectivity index (χ2v) is 8.25. The van der Waals surface area contributed by atoms with Crippen LogP contribution in [0.5, 0.6) is 0 Å². The molecule has 1 saturated carbocycles. The molecular weight excluding hydrogens is 364 g/mol. The molecular formula is C20H26N2O4S. The number of benzene rings is 1. The maximum absolute atomic E-state index is 12.7. The molecule has 0 bridgehead atoms. The SMILES string of the molecule is O=C(NC1CCC(C(=O)O)CC1)c1ccccc1SCC(=O)N1CCCC1. The maximum Gasteiger partial charge on any atom is 0.306 e. The van der Waals surface area contributed by atoms with Crippen LogP contribution in [-0.2, 0) is 9.59 Å². The number of carboxylic acid groups (broad SMARTS) is 1. The lowest BCUT2D eigenvalue weighted by atomic mass is 9.86. The van der Waals surface area contributed by atoms with E-state index in [0.717, 1.165) is 30.8 Å². The molecule has 1 aromatic carbocycles. The van der Waals surface area contributed by atoms with Gasteiger partial charge in [-0.15, -0.1) is 11.8 Å². The summed E-state index contributed by atoms with van der Waals surface area (Å²) >= 11 is 1.41. The third kappa shape index (κ3) is 5.25. The molecule has 0 unspecified atom stereocenters. The lowest BCUT2D eigenvalue weighted by Gasteiger charge is -2.27. The number of rotatable bonds is 6. The smallest absolute Gasteiger partial charge is 0.306 e. The Balaban J connectivity index is 1.55. The Labute approximate surface area is 163 Å². The van der Waals surface area contributed by atoms with E-state index in [0.29, 0.717) is 37.0 Å². The van der Waals surface area contributed by atoms with Crippen molar-refractivity contribution in [3.8, 4) is 0 Å². The highest BCUT2D eigenvalue weighted by Crippen LogP contribution is 2.27. The minimum atomic E-state index is -0.746. The second-order valence-electron chi connectivity index (χ2n) is 7.23. The van der Waals surface area contributed by atoms with E-state index in [1.165, 1.54) is 11.8 Å². The Kier molecular flexibility index (Phi) is 6.77. The number of aliphatic carboxylic acids is 1. The van der Waals surface area contributed by atoms with Gasteiger partial charge < -0.3 is 15.3 Å². The van der Waals surface area contributed by atoms with Crippen LogP contribution in [0.3, 0.4) is 0 Å². The van der Waals surface area contributed by atoms with Crippen molar-refractivity contribution < 1.29 is 19.5 Å². The Morgan fingerprint density at radius 2 is 1.74 bits per heavy atom. The molecule has 1 heterocycles. The predicted molar refractivity (Wildman–Crippen MR) is 104 cm³/mol. The monoisotopic (exact) mass is 390 g/mol. The molecule has 0 radical (unpaired) electrons. The van der Waals surface area contributed by atoms with Crippen molar-refractivity contribution in [2.75, 3.05) is 18.8 Å². The number of thioether (sulfide) groups is 1. The Bertz CT molecular complexity index is 695. The Hall–Kier alpha value is -2.02. The topological polar surface area (TPSA) is 86.7 Å². The van der Waals surface area contributed by atoms with Crippen molar-refractivity contribution in [1.29, 1.82) is 0 Å². The van der Waals surface area contributed by atoms with Crippen LogP contribution < -0.4 is 5.32 Å². The Morgan fingerprint density at radius 1 is 1.07 bits per heavy atom. The van der Waals surface area contributed by atoms with E-state index in [1.54, 1.807) is 6.07 Å². The summed E-state index contributed by atoms with van der Waals surface area (Å²) in [5, 5.41) is 12.1. The van der Waals surface area contributed by atoms with Crippen molar-refractivity contribution in [2.45, 2.75) is 49.5 Å². The van der Waals surface area contributed by atoms with E-state index in [4.69, 9.17) is 5.11 Å². The summed E-state index contributed by atoms with van der Waals surface area (Å²) < 4.78 is 0. The fourth-order valence-electron chi connectivity index (χ4n) is 3.73. The number of likely N-dealkylation sites (tertiary alicyclic amines) is 1. The van der Waals surface area contributed by atoms with Gasteiger partial charge in [-0.2, -0.15) is 0 Å². The van der Waals surface area contributed by atoms with Crippen LogP contribution in [0.25, 0.3) is 0 Å². The van der Waals surface area contributed by atoms with Crippen LogP contribution in [0.4, 0.5) is 0 Å². The van der Waals surface area contributed by atoms with E-state index < -0.39 is 5.97 Å². The molecule has 0 atom stereocenters. The van der Waals surface area contributed by atoms with Crippen LogP contribution in [0.2, 0.25) is 0 Å². The average molecular weight is 391 g/mol. The molecule has 0 spiro atoms. The van der Waals surface area contributed by atoms with Gasteiger partial charge in [-0.1, -0.05) is 12.1 Å². The number of hydrogen-bond acceptors (Lipinski definition) is 4. The highest BCUT2D eigenvalue weighted by atomic mass is 32.2. The molecule has 1 saturated heterocycles. The molecule has 27 heavy (non-hydrogen) atoms. The maximum atomic E-state index is 12.7. The highest BCUT2D eigenvalue weighted by molar-refractivity contribution is 8.00. The molecule has 7 heteroatoms. The average Bonchev–Trinajstić information content (AvgIpc) is 3.21. The largest absolute Gasteiger partial charge is 0.481 e. The van der Waals surface area contributed by atoms with Gasteiger partial charge in [-0.05, 0) is 50.7 Å². The van der Waals surface area contributed by atoms with Gasteiger partial charge in [0.2, 0.25) is 5.91 Å². The minimum absolute atomic E-state index is 0.0115. The minimum Gasteiger partial charge on any atom is -0.481 e. The van der Waals surface area contributed by atoms with Crippen molar-refractivity contribution in [1.82, 2.24) is 10.2 Å². The number of carbonyl (C=O) groups excluding carboxylic acids is 2. The zero-order valence-corrected chi connectivity index (χ0v) is 16.2. The van der Waals surface area contributed by atoms with Crippen LogP contribution in [-0.4, -0.2) is 52.7 Å². The van der Waals surface area contributed by atoms with Gasteiger partial charge >= 0.3 is 5.97 Å². The second kappa shape index (κ2) is 9.26. The number of nitrogens with zero attached hydrogens (tertiary/aromatic N) is 1. The number of amides is 2. The molecule has 1 aromatic rings. The first-order chi connectivity index (χ1) is 13.0. The van der Waals surface area contributed by atoms with E-state index >= 15 is 0 Å². The first-order valence-corrected chi connectivity index (χ1v) is 10.6. The molecule has 146 valence electrons. The summed E-state index contributed by atoms with van der Waals surface area (Å²) in [7, 11) is 0. The van der Waals surface area contributed by atoms with Crippen LogP contribution in [0.15, 0.2) is 29.2 Å². The van der Waals surface area contributed by atoms with E-state index in [2.05, 4.69) is 5.32 Å². The molecule has 2 amide bonds. The van der Waals surface area contributed by atoms with Crippen LogP contribution in [0, 0.1) is 5.92 Å². The summed E-state index contributed by atoms with van der Waals surface area (Å²) in [6.45, 7) is 1.67. The molecule has 1 aliphatic carbocycles. The molecule has 3 rings (SSSR count). The predicted octanol–water partition coefficient (Wildman–Crippen LogP) is 2.77. The molecule has 6 nitrogen and oxygen atoms in total. The number of hydrogen-bond donors (Lipinski definition) is 2. The van der Waals surface area contributed by atoms with Crippen molar-refractivity contribution >= 4 is 29.5 Å². The van der Waals surface area contributed by atoms with Gasteiger partial charge in [0.05, 0.1) is 17.2 Å². The first kappa shape index (κ1) is 19.7. The van der Waals surface area contributed by atoms with E-state index in [9.17, 15) is 14.4 Å². The zero-order chi connectivity index (χ0) is 19.2. The van der Waals surface area contributed by atoms with Crippen LogP contribution in [0.1, 0.15) is 48.9 Å². The van der Waals surface area contributed by atoms with Crippen molar-refractivity contribution in [2.24, 2.45) is 5.92 Å². The molecule has 2 fully saturated rings. The van der Waals surface area contributed by atoms with Crippen LogP contribution >= 0.6 is 11.8 Å². The third-order valence-electron chi connectivity index (χ3n) is 5.35. The Morgan fingerprint density at radius 3 is 2.41 bits per heavy atom. The fourth-order valence-corrected chi connectivity index (χ4v) is 4.68. The molecule has 2 N–H and O–H groups in total. The summed E-state index contributed by atoms with van der Waals surface area (Å²) in [6, 6.07) is 7.36. The van der Waals surface area contributed by atoms with Gasteiger partial charge in [0.15, 0.2) is 0 Å². The number of carbonyl (C=O) groups is 3. The summed E-state index contributed by atoms with van der Waals surface area (Å²) in [6.07, 6.45) is 4.71. The van der Waals surface area contributed by atoms with Gasteiger partial charge in [0.1, 0.15) is 0 Å². The standard InChI is InChI=1S/C20H26N2O4S/c23-18(22-11-3-4-12-22)13-27-17-6-2-1-5-16(17)19(24)21-15-9-7-14(8-10-15)20(25)26/h1-2,5-6,14-15H,3-4,7-13H2,(H,21,24)(H,25,26). The van der Waals surface area contributed by atoms with Gasteiger partial charge in [0, 0.05) is 24.0 Å². The third-order valence-corrected chi connectivity index (χ3v) is 6.41. The van der Waals surface area contributed by atoms with Crippen molar-refractivity contribution in [3.05, 3.63) is 29.8 Å². The zero-order valence-electron chi connectivity index (χ0n) is 15.4. The first-order valence-electron chi connectivity index (χ1n) is 9.58. The quantitative estimate of drug-likeness (QED) is 0.730. The number of carboxylic acids is 1. The van der Waals surface area contributed by atoms with Gasteiger partial charge in [-0.3, -0.25) is 14.4 Å². The molecule has 1 aliphatic heterocycles. The molecule has 0 aromatic heterocycles. The van der Waals surface area contributed by atoms with Crippen molar-refractivity contribution in [3.63, 3.8) is 0 Å². The summed E-state index contributed by atoms with van der Waals surface area (Å²) in [5.41, 5.74) is 0.581. The lowest BCUT2D eigenvalue weighted by Crippen LogP contribution is -2.38. The summed E-state index contributed by atoms with van der Waals surface area (Å²) in [4.78, 5) is 38.7. The van der Waals surface area contributed by atoms with E-state index in [1.807, 2.05) is 23.1 Å². The lowest BCUT2D eigenvalue weighted by molar-refractivity contribution is -0.142. The van der Waals surface area contributed by atoms with E-state index in [-0.39, 0.29) is 23.8 Å². The number of nitrogens with one attached hydrogen (secondary N) is 1. The fraction of sp³-hybridized carbons (Fsp3) is 0.550. The molecule has 2 aliphatic rings. The summed E-state index contributed by atoms with van der Waals surface area (Å²) in [5.74, 6) is -0.722. The highest BCUT2D eigenvalue weighted by Gasteiger charge is 2.27. The normalized spacial score (nSPS) is 22.4.